The molecule has 2 heterocycles. The number of rotatable bonds is 6. The number of hydrogen-bond donors (Lipinski definition) is 0. The third-order valence-electron chi connectivity index (χ3n) is 5.47. The van der Waals surface area contributed by atoms with Gasteiger partial charge in [0, 0.05) is 29.4 Å². The third kappa shape index (κ3) is 4.33. The fourth-order valence-corrected chi connectivity index (χ4v) is 5.66. The molecule has 180 valence electrons. The van der Waals surface area contributed by atoms with Crippen molar-refractivity contribution in [3.63, 3.8) is 0 Å². The van der Waals surface area contributed by atoms with Crippen molar-refractivity contribution in [2.45, 2.75) is 11.4 Å². The van der Waals surface area contributed by atoms with E-state index in [2.05, 4.69) is 9.83 Å². The molecule has 11 heteroatoms. The molecule has 0 aliphatic rings. The molecular formula is C25H15F2IN4O3S. The molecule has 5 aromatic rings. The summed E-state index contributed by atoms with van der Waals surface area (Å²) in [5, 5.41) is 0.446. The van der Waals surface area contributed by atoms with Crippen LogP contribution in [0.4, 0.5) is 14.5 Å². The van der Waals surface area contributed by atoms with Crippen molar-refractivity contribution in [2.75, 3.05) is 0 Å². The van der Waals surface area contributed by atoms with Gasteiger partial charge < -0.3 is 9.30 Å². The summed E-state index contributed by atoms with van der Waals surface area (Å²) in [5.41, 5.74) is 0.226. The minimum atomic E-state index is -4.00. The van der Waals surface area contributed by atoms with Gasteiger partial charge in [0.1, 0.15) is 15.3 Å². The van der Waals surface area contributed by atoms with Crippen LogP contribution in [0.1, 0.15) is 5.56 Å². The Morgan fingerprint density at radius 1 is 1.06 bits per heavy atom. The van der Waals surface area contributed by atoms with Gasteiger partial charge in [-0.3, -0.25) is 0 Å². The van der Waals surface area contributed by atoms with Gasteiger partial charge in [0.15, 0.2) is 11.6 Å². The lowest BCUT2D eigenvalue weighted by Crippen LogP contribution is -2.12. The Kier molecular flexibility index (Phi) is 6.23. The highest BCUT2D eigenvalue weighted by molar-refractivity contribution is 14.1. The van der Waals surface area contributed by atoms with Gasteiger partial charge in [0.2, 0.25) is 5.69 Å². The molecule has 5 rings (SSSR count). The van der Waals surface area contributed by atoms with Crippen molar-refractivity contribution < 1.29 is 21.9 Å². The molecule has 0 bridgehead atoms. The summed E-state index contributed by atoms with van der Waals surface area (Å²) in [6.45, 7) is 7.24. The van der Waals surface area contributed by atoms with Crippen molar-refractivity contribution in [3.05, 3.63) is 112 Å². The Labute approximate surface area is 218 Å². The van der Waals surface area contributed by atoms with Crippen LogP contribution in [0.25, 0.3) is 15.7 Å². The molecule has 2 aromatic heterocycles. The molecule has 3 aromatic carbocycles. The summed E-state index contributed by atoms with van der Waals surface area (Å²) in [6, 6.07) is 14.1. The molecule has 0 atom stereocenters. The van der Waals surface area contributed by atoms with E-state index in [4.69, 9.17) is 11.3 Å². The molecule has 7 nitrogen and oxygen atoms in total. The number of nitrogens with zero attached hydrogens (tertiary/aromatic N) is 4. The average Bonchev–Trinajstić information content (AvgIpc) is 3.48. The number of fused-ring (bicyclic) bond motifs is 1. The highest BCUT2D eigenvalue weighted by atomic mass is 127. The maximum Gasteiger partial charge on any atom is 0.268 e. The Morgan fingerprint density at radius 2 is 1.83 bits per heavy atom. The van der Waals surface area contributed by atoms with Gasteiger partial charge in [-0.2, -0.15) is 0 Å². The minimum Gasteiger partial charge on any atom is -0.455 e. The van der Waals surface area contributed by atoms with Crippen molar-refractivity contribution in [1.82, 2.24) is 13.5 Å². The molecule has 0 amide bonds. The van der Waals surface area contributed by atoms with Crippen LogP contribution in [0.15, 0.2) is 84.3 Å². The van der Waals surface area contributed by atoms with E-state index in [0.717, 1.165) is 16.1 Å². The summed E-state index contributed by atoms with van der Waals surface area (Å²) >= 11 is 2.04. The number of aromatic nitrogens is 3. The Bertz CT molecular complexity index is 1760. The summed E-state index contributed by atoms with van der Waals surface area (Å²) < 4.78 is 65.3. The van der Waals surface area contributed by atoms with E-state index in [1.165, 1.54) is 30.5 Å². The molecule has 0 saturated heterocycles. The topological polar surface area (TPSA) is 70.5 Å². The normalized spacial score (nSPS) is 11.5. The molecule has 0 spiro atoms. The SMILES string of the molecule is [C-]#[N+]c1cc(Oc2c(F)cc3c(ccn3S(=O)(=O)c3ccccc3)c2Cn2cnc(I)c2)ccc1F. The lowest BCUT2D eigenvalue weighted by atomic mass is 10.1. The third-order valence-corrected chi connectivity index (χ3v) is 7.73. The van der Waals surface area contributed by atoms with Gasteiger partial charge in [-0.25, -0.2) is 31.0 Å². The molecule has 0 N–H and O–H groups in total. The first-order chi connectivity index (χ1) is 17.3. The number of ether oxygens (including phenoxy) is 1. The van der Waals surface area contributed by atoms with Crippen LogP contribution in [-0.4, -0.2) is 21.9 Å². The standard InChI is InChI=1S/C25H15F2IN4O3S/c1-29-22-11-16(7-8-20(22)26)35-25-19(13-31-14-24(28)30-15-31)18-9-10-32(23(18)12-21(25)27)36(33,34)17-5-3-2-4-6-17/h2-12,14-15H,13H2. The molecule has 0 aliphatic carbocycles. The summed E-state index contributed by atoms with van der Waals surface area (Å²) in [7, 11) is -4.00. The van der Waals surface area contributed by atoms with Crippen molar-refractivity contribution in [2.24, 2.45) is 0 Å². The van der Waals surface area contributed by atoms with Crippen LogP contribution < -0.4 is 4.74 Å². The van der Waals surface area contributed by atoms with Crippen molar-refractivity contribution in [1.29, 1.82) is 0 Å². The van der Waals surface area contributed by atoms with E-state index >= 15 is 4.39 Å². The number of halogens is 3. The predicted octanol–water partition coefficient (Wildman–Crippen LogP) is 6.35. The maximum absolute atomic E-state index is 15.6. The number of hydrogen-bond acceptors (Lipinski definition) is 4. The molecule has 36 heavy (non-hydrogen) atoms. The molecular weight excluding hydrogens is 601 g/mol. The first-order valence-electron chi connectivity index (χ1n) is 10.4. The number of imidazole rings is 1. The van der Waals surface area contributed by atoms with Gasteiger partial charge >= 0.3 is 0 Å². The van der Waals surface area contributed by atoms with E-state index in [9.17, 15) is 12.8 Å². The summed E-state index contributed by atoms with van der Waals surface area (Å²) in [5.74, 6) is -1.63. The smallest absolute Gasteiger partial charge is 0.268 e. The van der Waals surface area contributed by atoms with Crippen LogP contribution in [0.2, 0.25) is 0 Å². The van der Waals surface area contributed by atoms with Gasteiger partial charge in [-0.05, 0) is 59.0 Å². The first-order valence-corrected chi connectivity index (χ1v) is 12.9. The summed E-state index contributed by atoms with van der Waals surface area (Å²) in [6.07, 6.45) is 4.68. The highest BCUT2D eigenvalue weighted by Crippen LogP contribution is 2.38. The lowest BCUT2D eigenvalue weighted by Gasteiger charge is -2.16. The van der Waals surface area contributed by atoms with Crippen LogP contribution in [0.3, 0.4) is 0 Å². The lowest BCUT2D eigenvalue weighted by molar-refractivity contribution is 0.435. The zero-order valence-corrected chi connectivity index (χ0v) is 21.2. The predicted molar refractivity (Wildman–Crippen MR) is 138 cm³/mol. The monoisotopic (exact) mass is 616 g/mol. The van der Waals surface area contributed by atoms with Gasteiger partial charge in [-0.1, -0.05) is 18.2 Å². The fraction of sp³-hybridized carbons (Fsp3) is 0.0400. The van der Waals surface area contributed by atoms with Gasteiger partial charge in [0.25, 0.3) is 10.0 Å². The Hall–Kier alpha value is -3.76. The van der Waals surface area contributed by atoms with Crippen LogP contribution in [0, 0.1) is 21.9 Å². The zero-order chi connectivity index (χ0) is 25.4. The maximum atomic E-state index is 15.6. The van der Waals surface area contributed by atoms with Crippen LogP contribution in [0.5, 0.6) is 11.5 Å². The van der Waals surface area contributed by atoms with E-state index in [-0.39, 0.29) is 34.1 Å². The average molecular weight is 616 g/mol. The molecule has 0 unspecified atom stereocenters. The van der Waals surface area contributed by atoms with Gasteiger partial charge in [-0.15, -0.1) is 0 Å². The fourth-order valence-electron chi connectivity index (χ4n) is 3.82. The van der Waals surface area contributed by atoms with Crippen molar-refractivity contribution in [3.8, 4) is 11.5 Å². The second kappa shape index (κ2) is 9.36. The Morgan fingerprint density at radius 3 is 2.53 bits per heavy atom. The first kappa shape index (κ1) is 24.0. The Balaban J connectivity index is 1.70. The summed E-state index contributed by atoms with van der Waals surface area (Å²) in [4.78, 5) is 7.36. The second-order valence-electron chi connectivity index (χ2n) is 7.72. The largest absolute Gasteiger partial charge is 0.455 e. The minimum absolute atomic E-state index is 0.0620. The molecule has 0 saturated carbocycles. The second-order valence-corrected chi connectivity index (χ2v) is 10.6. The van der Waals surface area contributed by atoms with E-state index in [1.807, 2.05) is 22.6 Å². The van der Waals surface area contributed by atoms with E-state index < -0.39 is 21.7 Å². The van der Waals surface area contributed by atoms with Crippen LogP contribution >= 0.6 is 22.6 Å². The molecule has 0 aliphatic heterocycles. The van der Waals surface area contributed by atoms with Gasteiger partial charge in [0.05, 0.1) is 29.9 Å². The van der Waals surface area contributed by atoms with E-state index in [0.29, 0.717) is 14.7 Å². The quantitative estimate of drug-likeness (QED) is 0.165. The molecule has 0 fully saturated rings. The zero-order valence-electron chi connectivity index (χ0n) is 18.3. The van der Waals surface area contributed by atoms with Crippen molar-refractivity contribution >= 4 is 49.2 Å². The molecule has 0 radical (unpaired) electrons. The number of benzene rings is 3. The van der Waals surface area contributed by atoms with Crippen LogP contribution in [-0.2, 0) is 16.6 Å². The highest BCUT2D eigenvalue weighted by Gasteiger charge is 2.24. The van der Waals surface area contributed by atoms with E-state index in [1.54, 1.807) is 41.4 Å².